The topological polar surface area (TPSA) is 58.1 Å². The molecule has 1 aliphatic rings. The number of nitrogens with one attached hydrogen (secondary N) is 1. The van der Waals surface area contributed by atoms with Crippen LogP contribution in [0.1, 0.15) is 68.7 Å². The average molecular weight is 290 g/mol. The monoisotopic (exact) mass is 290 g/mol. The summed E-state index contributed by atoms with van der Waals surface area (Å²) in [7, 11) is 1.80. The normalized spacial score (nSPS) is 14.3. The van der Waals surface area contributed by atoms with Gasteiger partial charge in [-0.3, -0.25) is 4.79 Å². The van der Waals surface area contributed by atoms with E-state index >= 15 is 0 Å². The van der Waals surface area contributed by atoms with Crippen molar-refractivity contribution < 1.29 is 4.79 Å². The van der Waals surface area contributed by atoms with Crippen molar-refractivity contribution in [1.82, 2.24) is 14.9 Å². The fourth-order valence-electron chi connectivity index (χ4n) is 2.32. The highest BCUT2D eigenvalue weighted by Gasteiger charge is 2.34. The Morgan fingerprint density at radius 3 is 2.71 bits per heavy atom. The first-order valence-electron chi connectivity index (χ1n) is 7.94. The summed E-state index contributed by atoms with van der Waals surface area (Å²) >= 11 is 0. The molecule has 5 nitrogen and oxygen atoms in total. The molecule has 1 fully saturated rings. The van der Waals surface area contributed by atoms with Crippen LogP contribution in [0.5, 0.6) is 0 Å². The molecule has 1 heterocycles. The van der Waals surface area contributed by atoms with Gasteiger partial charge in [0.25, 0.3) is 5.91 Å². The molecule has 1 amide bonds. The first-order chi connectivity index (χ1) is 10.1. The van der Waals surface area contributed by atoms with Crippen LogP contribution in [-0.2, 0) is 0 Å². The van der Waals surface area contributed by atoms with Crippen LogP contribution in [0.25, 0.3) is 0 Å². The molecular formula is C16H26N4O. The lowest BCUT2D eigenvalue weighted by molar-refractivity contribution is 0.0735. The third-order valence-electron chi connectivity index (χ3n) is 3.80. The highest BCUT2D eigenvalue weighted by Crippen LogP contribution is 2.29. The van der Waals surface area contributed by atoms with Gasteiger partial charge in [0.2, 0.25) is 0 Å². The molecule has 1 aromatic heterocycles. The third kappa shape index (κ3) is 3.71. The number of anilines is 1. The largest absolute Gasteiger partial charge is 0.385 e. The lowest BCUT2D eigenvalue weighted by Gasteiger charge is -2.23. The second kappa shape index (κ2) is 6.87. The van der Waals surface area contributed by atoms with Gasteiger partial charge in [-0.1, -0.05) is 27.2 Å². The van der Waals surface area contributed by atoms with Crippen LogP contribution < -0.4 is 5.32 Å². The quantitative estimate of drug-likeness (QED) is 0.838. The zero-order valence-corrected chi connectivity index (χ0v) is 13.5. The first-order valence-corrected chi connectivity index (χ1v) is 7.94. The van der Waals surface area contributed by atoms with E-state index in [1.165, 1.54) is 0 Å². The van der Waals surface area contributed by atoms with Gasteiger partial charge < -0.3 is 10.2 Å². The smallest absolute Gasteiger partial charge is 0.274 e. The molecule has 5 heteroatoms. The Kier molecular flexibility index (Phi) is 5.15. The standard InChI is InChI=1S/C16H26N4O/c1-5-6-9-20(12-7-8-12)16(21)14-13(17-4)10-18-15(19-14)11(2)3/h10-12,17H,5-9H2,1-4H3. The van der Waals surface area contributed by atoms with E-state index < -0.39 is 0 Å². The number of nitrogens with zero attached hydrogens (tertiary/aromatic N) is 3. The number of carbonyl (C=O) groups excluding carboxylic acids is 1. The van der Waals surface area contributed by atoms with Gasteiger partial charge in [0.15, 0.2) is 5.69 Å². The van der Waals surface area contributed by atoms with E-state index in [1.54, 1.807) is 13.2 Å². The summed E-state index contributed by atoms with van der Waals surface area (Å²) in [6.45, 7) is 7.05. The Labute approximate surface area is 127 Å². The minimum Gasteiger partial charge on any atom is -0.385 e. The van der Waals surface area contributed by atoms with E-state index in [1.807, 2.05) is 18.7 Å². The maximum absolute atomic E-state index is 12.9. The van der Waals surface area contributed by atoms with Gasteiger partial charge in [-0.25, -0.2) is 9.97 Å². The second-order valence-corrected chi connectivity index (χ2v) is 5.98. The third-order valence-corrected chi connectivity index (χ3v) is 3.80. The number of carbonyl (C=O) groups is 1. The van der Waals surface area contributed by atoms with Crippen LogP contribution in [-0.4, -0.2) is 40.4 Å². The molecular weight excluding hydrogens is 264 g/mol. The maximum atomic E-state index is 12.9. The highest BCUT2D eigenvalue weighted by molar-refractivity contribution is 5.97. The van der Waals surface area contributed by atoms with E-state index in [9.17, 15) is 4.79 Å². The van der Waals surface area contributed by atoms with Crippen LogP contribution in [0.15, 0.2) is 6.20 Å². The molecule has 0 spiro atoms. The Balaban J connectivity index is 2.28. The Morgan fingerprint density at radius 1 is 1.48 bits per heavy atom. The zero-order chi connectivity index (χ0) is 15.4. The van der Waals surface area contributed by atoms with Gasteiger partial charge in [0.05, 0.1) is 11.9 Å². The molecule has 0 aliphatic heterocycles. The molecule has 2 rings (SSSR count). The molecule has 1 aliphatic carbocycles. The molecule has 1 saturated carbocycles. The summed E-state index contributed by atoms with van der Waals surface area (Å²) in [5.74, 6) is 0.982. The van der Waals surface area contributed by atoms with Crippen molar-refractivity contribution in [3.05, 3.63) is 17.7 Å². The van der Waals surface area contributed by atoms with Crippen LogP contribution in [0.4, 0.5) is 5.69 Å². The van der Waals surface area contributed by atoms with Gasteiger partial charge >= 0.3 is 0 Å². The fraction of sp³-hybridized carbons (Fsp3) is 0.688. The van der Waals surface area contributed by atoms with Crippen molar-refractivity contribution in [3.8, 4) is 0 Å². The fourth-order valence-corrected chi connectivity index (χ4v) is 2.32. The molecule has 0 saturated heterocycles. The SMILES string of the molecule is CCCCN(C(=O)c1nc(C(C)C)ncc1NC)C1CC1. The summed E-state index contributed by atoms with van der Waals surface area (Å²) in [5, 5.41) is 3.04. The summed E-state index contributed by atoms with van der Waals surface area (Å²) in [6.07, 6.45) is 6.09. The van der Waals surface area contributed by atoms with Gasteiger partial charge in [-0.2, -0.15) is 0 Å². The average Bonchev–Trinajstić information content (AvgIpc) is 3.31. The number of rotatable bonds is 7. The van der Waals surface area contributed by atoms with Crippen molar-refractivity contribution in [2.24, 2.45) is 0 Å². The first kappa shape index (κ1) is 15.7. The van der Waals surface area contributed by atoms with Gasteiger partial charge in [-0.15, -0.1) is 0 Å². The maximum Gasteiger partial charge on any atom is 0.274 e. The van der Waals surface area contributed by atoms with Crippen LogP contribution in [0.3, 0.4) is 0 Å². The number of hydrogen-bond acceptors (Lipinski definition) is 4. The van der Waals surface area contributed by atoms with Crippen LogP contribution >= 0.6 is 0 Å². The molecule has 0 radical (unpaired) electrons. The van der Waals surface area contributed by atoms with Crippen molar-refractivity contribution >= 4 is 11.6 Å². The predicted molar refractivity (Wildman–Crippen MR) is 84.6 cm³/mol. The molecule has 1 N–H and O–H groups in total. The number of hydrogen-bond donors (Lipinski definition) is 1. The second-order valence-electron chi connectivity index (χ2n) is 5.98. The summed E-state index contributed by atoms with van der Waals surface area (Å²) < 4.78 is 0. The molecule has 0 unspecified atom stereocenters. The van der Waals surface area contributed by atoms with Crippen LogP contribution in [0.2, 0.25) is 0 Å². The van der Waals surface area contributed by atoms with Gasteiger partial charge in [-0.05, 0) is 19.3 Å². The van der Waals surface area contributed by atoms with E-state index in [0.717, 1.165) is 38.1 Å². The van der Waals surface area contributed by atoms with Crippen LogP contribution in [0, 0.1) is 0 Å². The minimum absolute atomic E-state index is 0.0413. The molecule has 0 aromatic carbocycles. The number of unbranched alkanes of at least 4 members (excludes halogenated alkanes) is 1. The summed E-state index contributed by atoms with van der Waals surface area (Å²) in [5.41, 5.74) is 1.23. The van der Waals surface area contributed by atoms with Crippen molar-refractivity contribution in [3.63, 3.8) is 0 Å². The van der Waals surface area contributed by atoms with Crippen molar-refractivity contribution in [2.45, 2.75) is 58.4 Å². The predicted octanol–water partition coefficient (Wildman–Crippen LogP) is 3.05. The Bertz CT molecular complexity index is 497. The minimum atomic E-state index is 0.0413. The van der Waals surface area contributed by atoms with E-state index in [2.05, 4.69) is 22.2 Å². The summed E-state index contributed by atoms with van der Waals surface area (Å²) in [6, 6.07) is 0.409. The van der Waals surface area contributed by atoms with Crippen molar-refractivity contribution in [2.75, 3.05) is 18.9 Å². The Hall–Kier alpha value is -1.65. The van der Waals surface area contributed by atoms with Gasteiger partial charge in [0, 0.05) is 25.6 Å². The molecule has 21 heavy (non-hydrogen) atoms. The van der Waals surface area contributed by atoms with E-state index in [-0.39, 0.29) is 11.8 Å². The lowest BCUT2D eigenvalue weighted by Crippen LogP contribution is -2.35. The van der Waals surface area contributed by atoms with E-state index in [4.69, 9.17) is 0 Å². The number of amides is 1. The molecule has 0 atom stereocenters. The zero-order valence-electron chi connectivity index (χ0n) is 13.5. The Morgan fingerprint density at radius 2 is 2.19 bits per heavy atom. The van der Waals surface area contributed by atoms with E-state index in [0.29, 0.717) is 17.4 Å². The highest BCUT2D eigenvalue weighted by atomic mass is 16.2. The van der Waals surface area contributed by atoms with Crippen molar-refractivity contribution in [1.29, 1.82) is 0 Å². The lowest BCUT2D eigenvalue weighted by atomic mass is 10.2. The molecule has 0 bridgehead atoms. The van der Waals surface area contributed by atoms with Gasteiger partial charge in [0.1, 0.15) is 5.82 Å². The molecule has 1 aromatic rings. The molecule has 116 valence electrons. The summed E-state index contributed by atoms with van der Waals surface area (Å²) in [4.78, 5) is 23.7. The number of aromatic nitrogens is 2.